The number of aliphatic hydroxyl groups excluding tert-OH is 1. The summed E-state index contributed by atoms with van der Waals surface area (Å²) in [5.74, 6) is 0.807. The van der Waals surface area contributed by atoms with E-state index >= 15 is 0 Å². The van der Waals surface area contributed by atoms with Crippen molar-refractivity contribution in [3.63, 3.8) is 0 Å². The number of hydrogen-bond acceptors (Lipinski definition) is 3. The molecule has 0 fully saturated rings. The Bertz CT molecular complexity index is 915. The maximum Gasteiger partial charge on any atom is 0.250 e. The molecular weight excluding hydrogens is 338 g/mol. The minimum Gasteiger partial charge on any atom is -0.542 e. The lowest BCUT2D eigenvalue weighted by Crippen LogP contribution is -2.43. The van der Waals surface area contributed by atoms with Crippen molar-refractivity contribution in [2.24, 2.45) is 0 Å². The highest BCUT2D eigenvalue weighted by Gasteiger charge is 2.39. The van der Waals surface area contributed by atoms with E-state index < -0.39 is 8.32 Å². The second-order valence-corrected chi connectivity index (χ2v) is 12.9. The number of benzene rings is 2. The molecule has 3 rings (SSSR count). The number of rotatable bonds is 4. The van der Waals surface area contributed by atoms with Crippen LogP contribution in [0.4, 0.5) is 0 Å². The molecule has 0 aliphatic heterocycles. The van der Waals surface area contributed by atoms with Crippen LogP contribution in [0.5, 0.6) is 5.75 Å². The van der Waals surface area contributed by atoms with E-state index in [0.29, 0.717) is 5.69 Å². The van der Waals surface area contributed by atoms with Gasteiger partial charge < -0.3 is 9.53 Å². The SMILES string of the molecule is CC(C)(C)[Si](C)(C)Oc1ccc(-c2ccccc2)c2ccc(CO)nc12. The molecule has 1 N–H and O–H groups in total. The normalized spacial score (nSPS) is 12.4. The number of aliphatic hydroxyl groups is 1. The van der Waals surface area contributed by atoms with Crippen molar-refractivity contribution in [1.29, 1.82) is 0 Å². The number of aromatic nitrogens is 1. The predicted octanol–water partition coefficient (Wildman–Crippen LogP) is 5.78. The number of nitrogens with zero attached hydrogens (tertiary/aromatic N) is 1. The largest absolute Gasteiger partial charge is 0.542 e. The molecule has 0 aliphatic rings. The molecule has 4 heteroatoms. The highest BCUT2D eigenvalue weighted by molar-refractivity contribution is 6.74. The molecule has 0 amide bonds. The molecule has 136 valence electrons. The van der Waals surface area contributed by atoms with E-state index in [1.54, 1.807) is 0 Å². The summed E-state index contributed by atoms with van der Waals surface area (Å²) in [6, 6.07) is 18.3. The third-order valence-electron chi connectivity index (χ3n) is 5.30. The summed E-state index contributed by atoms with van der Waals surface area (Å²) in [6.45, 7) is 11.1. The van der Waals surface area contributed by atoms with E-state index in [2.05, 4.69) is 52.1 Å². The van der Waals surface area contributed by atoms with Crippen molar-refractivity contribution in [3.05, 3.63) is 60.3 Å². The van der Waals surface area contributed by atoms with Gasteiger partial charge in [0.05, 0.1) is 12.3 Å². The number of hydrogen-bond donors (Lipinski definition) is 1. The van der Waals surface area contributed by atoms with Gasteiger partial charge in [0, 0.05) is 5.39 Å². The summed E-state index contributed by atoms with van der Waals surface area (Å²) in [5, 5.41) is 10.7. The van der Waals surface area contributed by atoms with Gasteiger partial charge in [-0.3, -0.25) is 0 Å². The summed E-state index contributed by atoms with van der Waals surface area (Å²) in [6.07, 6.45) is 0. The number of pyridine rings is 1. The van der Waals surface area contributed by atoms with E-state index in [4.69, 9.17) is 9.41 Å². The molecule has 0 bridgehead atoms. The van der Waals surface area contributed by atoms with E-state index in [1.165, 1.54) is 0 Å². The molecule has 0 unspecified atom stereocenters. The fourth-order valence-electron chi connectivity index (χ4n) is 2.70. The second kappa shape index (κ2) is 6.86. The zero-order chi connectivity index (χ0) is 18.9. The molecule has 0 atom stereocenters. The fourth-order valence-corrected chi connectivity index (χ4v) is 3.72. The standard InChI is InChI=1S/C22H27NO2Si/c1-22(2,3)26(4,5)25-20-14-13-18(16-9-7-6-8-10-16)19-12-11-17(15-24)23-21(19)20/h6-14,24H,15H2,1-5H3. The van der Waals surface area contributed by atoms with Crippen LogP contribution in [-0.2, 0) is 6.61 Å². The monoisotopic (exact) mass is 365 g/mol. The Morgan fingerprint density at radius 3 is 2.27 bits per heavy atom. The van der Waals surface area contributed by atoms with Gasteiger partial charge in [0.25, 0.3) is 8.32 Å². The predicted molar refractivity (Wildman–Crippen MR) is 111 cm³/mol. The first-order chi connectivity index (χ1) is 12.2. The lowest BCUT2D eigenvalue weighted by Gasteiger charge is -2.36. The molecule has 0 radical (unpaired) electrons. The molecule has 3 aromatic rings. The van der Waals surface area contributed by atoms with Crippen molar-refractivity contribution >= 4 is 19.2 Å². The van der Waals surface area contributed by atoms with Crippen molar-refractivity contribution in [2.45, 2.75) is 45.5 Å². The van der Waals surface area contributed by atoms with Gasteiger partial charge in [-0.2, -0.15) is 0 Å². The van der Waals surface area contributed by atoms with Gasteiger partial charge in [0.15, 0.2) is 0 Å². The Labute approximate surface area is 156 Å². The Morgan fingerprint density at radius 2 is 1.65 bits per heavy atom. The van der Waals surface area contributed by atoms with E-state index in [1.807, 2.05) is 36.4 Å². The van der Waals surface area contributed by atoms with E-state index in [9.17, 15) is 5.11 Å². The second-order valence-electron chi connectivity index (χ2n) is 8.20. The zero-order valence-corrected chi connectivity index (χ0v) is 17.2. The smallest absolute Gasteiger partial charge is 0.250 e. The van der Waals surface area contributed by atoms with Crippen molar-refractivity contribution < 1.29 is 9.53 Å². The number of fused-ring (bicyclic) bond motifs is 1. The molecule has 1 heterocycles. The van der Waals surface area contributed by atoms with Gasteiger partial charge in [-0.15, -0.1) is 0 Å². The average molecular weight is 366 g/mol. The maximum absolute atomic E-state index is 9.54. The van der Waals surface area contributed by atoms with E-state index in [-0.39, 0.29) is 11.6 Å². The van der Waals surface area contributed by atoms with Crippen LogP contribution >= 0.6 is 0 Å². The fraction of sp³-hybridized carbons (Fsp3) is 0.318. The first-order valence-electron chi connectivity index (χ1n) is 9.01. The molecule has 3 nitrogen and oxygen atoms in total. The van der Waals surface area contributed by atoms with Crippen molar-refractivity contribution in [1.82, 2.24) is 4.98 Å². The van der Waals surface area contributed by atoms with Crippen LogP contribution in [0.1, 0.15) is 26.5 Å². The maximum atomic E-state index is 9.54. The molecule has 26 heavy (non-hydrogen) atoms. The van der Waals surface area contributed by atoms with Crippen LogP contribution < -0.4 is 4.43 Å². The minimum atomic E-state index is -1.99. The van der Waals surface area contributed by atoms with Crippen molar-refractivity contribution in [3.8, 4) is 16.9 Å². The topological polar surface area (TPSA) is 42.4 Å². The summed E-state index contributed by atoms with van der Waals surface area (Å²) in [7, 11) is -1.99. The Kier molecular flexibility index (Phi) is 4.91. The molecule has 0 aliphatic carbocycles. The van der Waals surface area contributed by atoms with Gasteiger partial charge in [-0.1, -0.05) is 57.2 Å². The van der Waals surface area contributed by atoms with Crippen LogP contribution in [0, 0.1) is 0 Å². The first kappa shape index (κ1) is 18.6. The molecule has 0 saturated heterocycles. The summed E-state index contributed by atoms with van der Waals surface area (Å²) < 4.78 is 6.56. The van der Waals surface area contributed by atoms with Gasteiger partial charge >= 0.3 is 0 Å². The van der Waals surface area contributed by atoms with E-state index in [0.717, 1.165) is 27.8 Å². The van der Waals surface area contributed by atoms with Crippen LogP contribution in [0.25, 0.3) is 22.0 Å². The Hall–Kier alpha value is -2.17. The highest BCUT2D eigenvalue weighted by atomic mass is 28.4. The Morgan fingerprint density at radius 1 is 0.962 bits per heavy atom. The third kappa shape index (κ3) is 3.52. The van der Waals surface area contributed by atoms with Gasteiger partial charge in [0.2, 0.25) is 0 Å². The molecular formula is C22H27NO2Si. The average Bonchev–Trinajstić information content (AvgIpc) is 2.61. The van der Waals surface area contributed by atoms with Crippen LogP contribution in [-0.4, -0.2) is 18.4 Å². The van der Waals surface area contributed by atoms with Gasteiger partial charge in [0.1, 0.15) is 11.3 Å². The van der Waals surface area contributed by atoms with Gasteiger partial charge in [-0.05, 0) is 47.5 Å². The zero-order valence-electron chi connectivity index (χ0n) is 16.2. The van der Waals surface area contributed by atoms with Crippen molar-refractivity contribution in [2.75, 3.05) is 0 Å². The summed E-state index contributed by atoms with van der Waals surface area (Å²) in [5.41, 5.74) is 3.75. The summed E-state index contributed by atoms with van der Waals surface area (Å²) in [4.78, 5) is 4.69. The lowest BCUT2D eigenvalue weighted by atomic mass is 10.00. The van der Waals surface area contributed by atoms with Crippen LogP contribution in [0.3, 0.4) is 0 Å². The van der Waals surface area contributed by atoms with Crippen LogP contribution in [0.2, 0.25) is 18.1 Å². The Balaban J connectivity index is 2.19. The lowest BCUT2D eigenvalue weighted by molar-refractivity contribution is 0.277. The van der Waals surface area contributed by atoms with Crippen LogP contribution in [0.15, 0.2) is 54.6 Å². The molecule has 0 saturated carbocycles. The quantitative estimate of drug-likeness (QED) is 0.596. The summed E-state index contributed by atoms with van der Waals surface area (Å²) >= 11 is 0. The molecule has 1 aromatic heterocycles. The van der Waals surface area contributed by atoms with Gasteiger partial charge in [-0.25, -0.2) is 4.98 Å². The molecule has 0 spiro atoms. The highest BCUT2D eigenvalue weighted by Crippen LogP contribution is 2.40. The first-order valence-corrected chi connectivity index (χ1v) is 11.9. The minimum absolute atomic E-state index is 0.0783. The third-order valence-corrected chi connectivity index (χ3v) is 9.64. The molecule has 2 aromatic carbocycles.